The number of carbonyl (C=O) groups excluding carboxylic acids is 1. The van der Waals surface area contributed by atoms with Crippen molar-refractivity contribution < 1.29 is 19.1 Å². The van der Waals surface area contributed by atoms with Crippen LogP contribution in [0.3, 0.4) is 0 Å². The van der Waals surface area contributed by atoms with Gasteiger partial charge in [-0.15, -0.1) is 0 Å². The highest BCUT2D eigenvalue weighted by Crippen LogP contribution is 2.34. The van der Waals surface area contributed by atoms with Crippen LogP contribution < -0.4 is 5.48 Å². The zero-order chi connectivity index (χ0) is 11.6. The number of benzene rings is 1. The lowest BCUT2D eigenvalue weighted by atomic mass is 10.2. The molecule has 86 valence electrons. The molecule has 1 aliphatic rings. The Morgan fingerprint density at radius 2 is 2.06 bits per heavy atom. The molecule has 0 unspecified atom stereocenters. The van der Waals surface area contributed by atoms with E-state index in [1.807, 2.05) is 0 Å². The van der Waals surface area contributed by atoms with E-state index in [2.05, 4.69) is 5.48 Å². The molecule has 1 aromatic carbocycles. The van der Waals surface area contributed by atoms with Gasteiger partial charge in [0.05, 0.1) is 6.61 Å². The average molecular weight is 225 g/mol. The first-order valence-electron chi connectivity index (χ1n) is 4.99. The topological polar surface area (TPSA) is 58.6 Å². The maximum Gasteiger partial charge on any atom is 0.275 e. The Kier molecular flexibility index (Phi) is 2.89. The van der Waals surface area contributed by atoms with Crippen molar-refractivity contribution in [3.8, 4) is 0 Å². The summed E-state index contributed by atoms with van der Waals surface area (Å²) in [5.41, 5.74) is 1.67. The summed E-state index contributed by atoms with van der Waals surface area (Å²) in [7, 11) is 0. The Morgan fingerprint density at radius 1 is 1.44 bits per heavy atom. The molecule has 1 saturated carbocycles. The highest BCUT2D eigenvalue weighted by molar-refractivity contribution is 5.86. The molecule has 0 spiro atoms. The molecule has 1 aromatic rings. The van der Waals surface area contributed by atoms with E-state index in [4.69, 9.17) is 4.84 Å². The molecule has 0 saturated heterocycles. The monoisotopic (exact) mass is 225 g/mol. The Hall–Kier alpha value is -1.46. The number of hydroxylamine groups is 1. The molecule has 1 aliphatic carbocycles. The molecule has 1 amide bonds. The molecule has 0 bridgehead atoms. The number of halogens is 1. The van der Waals surface area contributed by atoms with Crippen LogP contribution in [0.4, 0.5) is 4.39 Å². The number of aliphatic hydroxyl groups is 1. The Bertz CT molecular complexity index is 387. The van der Waals surface area contributed by atoms with E-state index in [-0.39, 0.29) is 12.4 Å². The van der Waals surface area contributed by atoms with Crippen LogP contribution in [0.5, 0.6) is 0 Å². The molecule has 16 heavy (non-hydrogen) atoms. The summed E-state index contributed by atoms with van der Waals surface area (Å²) in [5, 5.41) is 9.39. The van der Waals surface area contributed by atoms with E-state index in [9.17, 15) is 14.3 Å². The third-order valence-electron chi connectivity index (χ3n) is 2.46. The molecule has 2 rings (SSSR count). The highest BCUT2D eigenvalue weighted by atomic mass is 19.1. The minimum absolute atomic E-state index is 0.141. The van der Waals surface area contributed by atoms with Crippen molar-refractivity contribution in [3.05, 3.63) is 35.6 Å². The van der Waals surface area contributed by atoms with Crippen molar-refractivity contribution in [1.29, 1.82) is 0 Å². The SMILES string of the molecule is O=C(NOCc1ccc(F)cc1)C1(O)CC1. The van der Waals surface area contributed by atoms with Crippen LogP contribution in [0.15, 0.2) is 24.3 Å². The molecule has 0 aliphatic heterocycles. The predicted molar refractivity (Wildman–Crippen MR) is 53.5 cm³/mol. The van der Waals surface area contributed by atoms with E-state index >= 15 is 0 Å². The van der Waals surface area contributed by atoms with E-state index in [1.54, 1.807) is 12.1 Å². The van der Waals surface area contributed by atoms with Gasteiger partial charge < -0.3 is 5.11 Å². The molecule has 4 nitrogen and oxygen atoms in total. The van der Waals surface area contributed by atoms with Crippen molar-refractivity contribution >= 4 is 5.91 Å². The zero-order valence-corrected chi connectivity index (χ0v) is 8.57. The van der Waals surface area contributed by atoms with E-state index in [1.165, 1.54) is 12.1 Å². The van der Waals surface area contributed by atoms with Gasteiger partial charge in [-0.2, -0.15) is 0 Å². The smallest absolute Gasteiger partial charge is 0.275 e. The lowest BCUT2D eigenvalue weighted by Gasteiger charge is -2.09. The third kappa shape index (κ3) is 2.56. The zero-order valence-electron chi connectivity index (χ0n) is 8.57. The van der Waals surface area contributed by atoms with Gasteiger partial charge in [-0.3, -0.25) is 9.63 Å². The molecule has 0 atom stereocenters. The Morgan fingerprint density at radius 3 is 2.62 bits per heavy atom. The first-order chi connectivity index (χ1) is 7.60. The molecule has 0 aromatic heterocycles. The number of rotatable bonds is 4. The standard InChI is InChI=1S/C11H12FNO3/c12-9-3-1-8(2-4-9)7-16-13-10(14)11(15)5-6-11/h1-4,15H,5-7H2,(H,13,14). The highest BCUT2D eigenvalue weighted by Gasteiger charge is 2.48. The summed E-state index contributed by atoms with van der Waals surface area (Å²) < 4.78 is 12.6. The van der Waals surface area contributed by atoms with Gasteiger partial charge in [-0.05, 0) is 30.5 Å². The summed E-state index contributed by atoms with van der Waals surface area (Å²) in [6.07, 6.45) is 0.942. The molecule has 2 N–H and O–H groups in total. The summed E-state index contributed by atoms with van der Waals surface area (Å²) in [6, 6.07) is 5.75. The van der Waals surface area contributed by atoms with E-state index in [0.717, 1.165) is 5.56 Å². The van der Waals surface area contributed by atoms with E-state index in [0.29, 0.717) is 12.8 Å². The van der Waals surface area contributed by atoms with Crippen LogP contribution >= 0.6 is 0 Å². The Balaban J connectivity index is 1.75. The van der Waals surface area contributed by atoms with Crippen LogP contribution in [0.1, 0.15) is 18.4 Å². The lowest BCUT2D eigenvalue weighted by molar-refractivity contribution is -0.145. The Labute approximate surface area is 92.0 Å². The van der Waals surface area contributed by atoms with Gasteiger partial charge in [0.1, 0.15) is 11.4 Å². The van der Waals surface area contributed by atoms with Crippen molar-refractivity contribution in [2.24, 2.45) is 0 Å². The van der Waals surface area contributed by atoms with Crippen LogP contribution in [0, 0.1) is 5.82 Å². The van der Waals surface area contributed by atoms with Crippen molar-refractivity contribution in [2.75, 3.05) is 0 Å². The maximum absolute atomic E-state index is 12.6. The fourth-order valence-electron chi connectivity index (χ4n) is 1.21. The largest absolute Gasteiger partial charge is 0.380 e. The minimum atomic E-state index is -1.23. The fourth-order valence-corrected chi connectivity index (χ4v) is 1.21. The van der Waals surface area contributed by atoms with Crippen LogP contribution in [0.2, 0.25) is 0 Å². The molecule has 1 fully saturated rings. The lowest BCUT2D eigenvalue weighted by Crippen LogP contribution is -2.35. The number of carbonyl (C=O) groups is 1. The number of hydrogen-bond donors (Lipinski definition) is 2. The molecular formula is C11H12FNO3. The normalized spacial score (nSPS) is 16.9. The number of hydrogen-bond acceptors (Lipinski definition) is 3. The van der Waals surface area contributed by atoms with E-state index < -0.39 is 11.5 Å². The van der Waals surface area contributed by atoms with Gasteiger partial charge >= 0.3 is 0 Å². The van der Waals surface area contributed by atoms with Gasteiger partial charge in [0.25, 0.3) is 5.91 Å². The van der Waals surface area contributed by atoms with Crippen molar-refractivity contribution in [2.45, 2.75) is 25.0 Å². The van der Waals surface area contributed by atoms with Gasteiger partial charge in [0.15, 0.2) is 0 Å². The maximum atomic E-state index is 12.6. The first kappa shape index (κ1) is 11.0. The summed E-state index contributed by atoms with van der Waals surface area (Å²) in [6.45, 7) is 0.141. The number of amides is 1. The van der Waals surface area contributed by atoms with Crippen LogP contribution in [-0.4, -0.2) is 16.6 Å². The van der Waals surface area contributed by atoms with Gasteiger partial charge in [0, 0.05) is 0 Å². The molecule has 5 heteroatoms. The van der Waals surface area contributed by atoms with Gasteiger partial charge in [-0.25, -0.2) is 9.87 Å². The predicted octanol–water partition coefficient (Wildman–Crippen LogP) is 0.898. The summed E-state index contributed by atoms with van der Waals surface area (Å²) in [5.74, 6) is -0.838. The third-order valence-corrected chi connectivity index (χ3v) is 2.46. The molecule has 0 radical (unpaired) electrons. The van der Waals surface area contributed by atoms with Gasteiger partial charge in [0.2, 0.25) is 0 Å². The first-order valence-corrected chi connectivity index (χ1v) is 4.99. The average Bonchev–Trinajstić information content (AvgIpc) is 3.01. The number of nitrogens with one attached hydrogen (secondary N) is 1. The van der Waals surface area contributed by atoms with Gasteiger partial charge in [-0.1, -0.05) is 12.1 Å². The van der Waals surface area contributed by atoms with Crippen LogP contribution in [-0.2, 0) is 16.2 Å². The van der Waals surface area contributed by atoms with Crippen molar-refractivity contribution in [1.82, 2.24) is 5.48 Å². The summed E-state index contributed by atoms with van der Waals surface area (Å²) in [4.78, 5) is 16.1. The molecular weight excluding hydrogens is 213 g/mol. The second kappa shape index (κ2) is 4.19. The second-order valence-electron chi connectivity index (χ2n) is 3.88. The molecule has 0 heterocycles. The van der Waals surface area contributed by atoms with Crippen LogP contribution in [0.25, 0.3) is 0 Å². The second-order valence-corrected chi connectivity index (χ2v) is 3.88. The van der Waals surface area contributed by atoms with Crippen molar-refractivity contribution in [3.63, 3.8) is 0 Å². The summed E-state index contributed by atoms with van der Waals surface area (Å²) >= 11 is 0. The minimum Gasteiger partial charge on any atom is -0.380 e. The fraction of sp³-hybridized carbons (Fsp3) is 0.364. The quantitative estimate of drug-likeness (QED) is 0.748.